The highest BCUT2D eigenvalue weighted by atomic mass is 16.5. The molecule has 3 heteroatoms. The molecule has 1 rings (SSSR count). The van der Waals surface area contributed by atoms with Crippen LogP contribution in [0.1, 0.15) is 46.5 Å². The lowest BCUT2D eigenvalue weighted by Gasteiger charge is -2.33. The highest BCUT2D eigenvalue weighted by Gasteiger charge is 2.18. The summed E-state index contributed by atoms with van der Waals surface area (Å²) in [4.78, 5) is 2.60. The largest absolute Gasteiger partial charge is 0.381 e. The molecular weight excluding hydrogens is 224 g/mol. The fourth-order valence-electron chi connectivity index (χ4n) is 2.56. The molecule has 0 spiro atoms. The third-order valence-corrected chi connectivity index (χ3v) is 3.46. The molecule has 18 heavy (non-hydrogen) atoms. The summed E-state index contributed by atoms with van der Waals surface area (Å²) in [6.07, 6.45) is 4.89. The second-order valence-corrected chi connectivity index (χ2v) is 5.89. The zero-order chi connectivity index (χ0) is 13.2. The Morgan fingerprint density at radius 1 is 1.22 bits per heavy atom. The summed E-state index contributed by atoms with van der Waals surface area (Å²) in [5.41, 5.74) is 0. The van der Waals surface area contributed by atoms with Crippen LogP contribution in [0.5, 0.6) is 0 Å². The van der Waals surface area contributed by atoms with Gasteiger partial charge in [0.1, 0.15) is 0 Å². The monoisotopic (exact) mass is 256 g/mol. The zero-order valence-electron chi connectivity index (χ0n) is 12.6. The first-order chi connectivity index (χ1) is 8.72. The molecule has 0 unspecified atom stereocenters. The molecule has 1 saturated heterocycles. The second kappa shape index (κ2) is 9.76. The van der Waals surface area contributed by atoms with E-state index in [0.29, 0.717) is 0 Å². The smallest absolute Gasteiger partial charge is 0.0478 e. The van der Waals surface area contributed by atoms with E-state index in [1.54, 1.807) is 0 Å². The van der Waals surface area contributed by atoms with Crippen molar-refractivity contribution in [2.45, 2.75) is 52.5 Å². The van der Waals surface area contributed by atoms with Crippen molar-refractivity contribution in [1.82, 2.24) is 10.2 Å². The van der Waals surface area contributed by atoms with Gasteiger partial charge in [0.15, 0.2) is 0 Å². The van der Waals surface area contributed by atoms with Crippen molar-refractivity contribution < 1.29 is 4.74 Å². The molecule has 0 saturated carbocycles. The van der Waals surface area contributed by atoms with Gasteiger partial charge in [0.25, 0.3) is 0 Å². The number of ether oxygens (including phenoxy) is 1. The lowest BCUT2D eigenvalue weighted by Crippen LogP contribution is -2.43. The van der Waals surface area contributed by atoms with Crippen LogP contribution < -0.4 is 5.32 Å². The molecule has 1 fully saturated rings. The Balaban J connectivity index is 1.95. The molecule has 3 nitrogen and oxygen atoms in total. The third kappa shape index (κ3) is 7.34. The van der Waals surface area contributed by atoms with Crippen LogP contribution in [0.3, 0.4) is 0 Å². The number of piperidine rings is 1. The minimum Gasteiger partial charge on any atom is -0.381 e. The van der Waals surface area contributed by atoms with Crippen molar-refractivity contribution in [1.29, 1.82) is 0 Å². The summed E-state index contributed by atoms with van der Waals surface area (Å²) in [7, 11) is 0. The van der Waals surface area contributed by atoms with Gasteiger partial charge >= 0.3 is 0 Å². The minimum absolute atomic E-state index is 0.736. The Kier molecular flexibility index (Phi) is 8.64. The second-order valence-electron chi connectivity index (χ2n) is 5.89. The van der Waals surface area contributed by atoms with Crippen molar-refractivity contribution in [2.24, 2.45) is 5.92 Å². The molecular formula is C15H32N2O. The van der Waals surface area contributed by atoms with Crippen LogP contribution in [0, 0.1) is 5.92 Å². The lowest BCUT2D eigenvalue weighted by atomic mass is 10.0. The predicted molar refractivity (Wildman–Crippen MR) is 78.0 cm³/mol. The first-order valence-electron chi connectivity index (χ1n) is 7.75. The van der Waals surface area contributed by atoms with E-state index in [-0.39, 0.29) is 0 Å². The molecule has 0 aliphatic carbocycles. The maximum absolute atomic E-state index is 5.48. The molecule has 0 aromatic heterocycles. The Hall–Kier alpha value is -0.120. The van der Waals surface area contributed by atoms with Crippen LogP contribution in [0.15, 0.2) is 0 Å². The van der Waals surface area contributed by atoms with Crippen LogP contribution in [-0.2, 0) is 4.74 Å². The van der Waals surface area contributed by atoms with Crippen molar-refractivity contribution in [3.05, 3.63) is 0 Å². The van der Waals surface area contributed by atoms with E-state index in [1.807, 2.05) is 0 Å². The molecule has 0 aromatic rings. The molecule has 1 aliphatic rings. The molecule has 1 aliphatic heterocycles. The van der Waals surface area contributed by atoms with Gasteiger partial charge < -0.3 is 15.0 Å². The summed E-state index contributed by atoms with van der Waals surface area (Å²) < 4.78 is 5.48. The molecule has 0 bridgehead atoms. The molecule has 0 aromatic carbocycles. The lowest BCUT2D eigenvalue weighted by molar-refractivity contribution is 0.129. The summed E-state index contributed by atoms with van der Waals surface area (Å²) >= 11 is 0. The first kappa shape index (κ1) is 15.9. The highest BCUT2D eigenvalue weighted by molar-refractivity contribution is 4.77. The van der Waals surface area contributed by atoms with Crippen molar-refractivity contribution in [3.8, 4) is 0 Å². The average molecular weight is 256 g/mol. The van der Waals surface area contributed by atoms with E-state index >= 15 is 0 Å². The Bertz CT molecular complexity index is 189. The number of hydrogen-bond acceptors (Lipinski definition) is 3. The van der Waals surface area contributed by atoms with E-state index in [4.69, 9.17) is 4.74 Å². The van der Waals surface area contributed by atoms with E-state index in [9.17, 15) is 0 Å². The molecule has 1 heterocycles. The normalized spacial score (nSPS) is 18.7. The Morgan fingerprint density at radius 2 is 1.94 bits per heavy atom. The van der Waals surface area contributed by atoms with Crippen LogP contribution in [0.4, 0.5) is 0 Å². The summed E-state index contributed by atoms with van der Waals surface area (Å²) in [5.74, 6) is 0.797. The predicted octanol–water partition coefficient (Wildman–Crippen LogP) is 2.51. The van der Waals surface area contributed by atoms with E-state index in [0.717, 1.165) is 44.6 Å². The topological polar surface area (TPSA) is 24.5 Å². The SMILES string of the molecule is CCCOCCCNC1CCN(CC(C)C)CC1. The maximum Gasteiger partial charge on any atom is 0.0478 e. The van der Waals surface area contributed by atoms with Gasteiger partial charge in [0.2, 0.25) is 0 Å². The van der Waals surface area contributed by atoms with E-state index in [1.165, 1.54) is 32.5 Å². The average Bonchev–Trinajstić information content (AvgIpc) is 2.35. The fourth-order valence-corrected chi connectivity index (χ4v) is 2.56. The van der Waals surface area contributed by atoms with Crippen molar-refractivity contribution in [3.63, 3.8) is 0 Å². The third-order valence-electron chi connectivity index (χ3n) is 3.46. The Morgan fingerprint density at radius 3 is 2.56 bits per heavy atom. The maximum atomic E-state index is 5.48. The number of nitrogens with zero attached hydrogens (tertiary/aromatic N) is 1. The Labute approximate surface area is 113 Å². The molecule has 1 N–H and O–H groups in total. The van der Waals surface area contributed by atoms with Gasteiger partial charge in [-0.25, -0.2) is 0 Å². The van der Waals surface area contributed by atoms with Gasteiger partial charge in [-0.3, -0.25) is 0 Å². The number of hydrogen-bond donors (Lipinski definition) is 1. The number of likely N-dealkylation sites (tertiary alicyclic amines) is 1. The van der Waals surface area contributed by atoms with Crippen molar-refractivity contribution in [2.75, 3.05) is 39.4 Å². The first-order valence-corrected chi connectivity index (χ1v) is 7.75. The van der Waals surface area contributed by atoms with Gasteiger partial charge in [-0.2, -0.15) is 0 Å². The van der Waals surface area contributed by atoms with Crippen LogP contribution >= 0.6 is 0 Å². The summed E-state index contributed by atoms with van der Waals surface area (Å²) in [6, 6.07) is 0.736. The van der Waals surface area contributed by atoms with Crippen LogP contribution in [0.25, 0.3) is 0 Å². The van der Waals surface area contributed by atoms with Crippen LogP contribution in [-0.4, -0.2) is 50.3 Å². The molecule has 0 amide bonds. The van der Waals surface area contributed by atoms with E-state index < -0.39 is 0 Å². The highest BCUT2D eigenvalue weighted by Crippen LogP contribution is 2.11. The summed E-state index contributed by atoms with van der Waals surface area (Å²) in [5, 5.41) is 3.67. The minimum atomic E-state index is 0.736. The van der Waals surface area contributed by atoms with Gasteiger partial charge in [-0.1, -0.05) is 20.8 Å². The van der Waals surface area contributed by atoms with Crippen molar-refractivity contribution >= 4 is 0 Å². The fraction of sp³-hybridized carbons (Fsp3) is 1.00. The van der Waals surface area contributed by atoms with Gasteiger partial charge in [0.05, 0.1) is 0 Å². The molecule has 108 valence electrons. The molecule has 0 radical (unpaired) electrons. The van der Waals surface area contributed by atoms with Crippen LogP contribution in [0.2, 0.25) is 0 Å². The van der Waals surface area contributed by atoms with E-state index in [2.05, 4.69) is 31.0 Å². The zero-order valence-corrected chi connectivity index (χ0v) is 12.6. The molecule has 0 atom stereocenters. The summed E-state index contributed by atoms with van der Waals surface area (Å²) in [6.45, 7) is 13.5. The van der Waals surface area contributed by atoms with Gasteiger partial charge in [0, 0.05) is 25.8 Å². The van der Waals surface area contributed by atoms with Gasteiger partial charge in [-0.05, 0) is 51.2 Å². The quantitative estimate of drug-likeness (QED) is 0.642. The number of rotatable bonds is 9. The number of nitrogens with one attached hydrogen (secondary N) is 1. The van der Waals surface area contributed by atoms with Gasteiger partial charge in [-0.15, -0.1) is 0 Å². The standard InChI is InChI=1S/C15H32N2O/c1-4-11-18-12-5-8-16-15-6-9-17(10-7-15)13-14(2)3/h14-16H,4-13H2,1-3H3.